The summed E-state index contributed by atoms with van der Waals surface area (Å²) in [6, 6.07) is 8.05. The van der Waals surface area contributed by atoms with E-state index in [-0.39, 0.29) is 11.5 Å². The molecule has 102 valence electrons. The molecule has 6 heteroatoms. The molecule has 0 aliphatic carbocycles. The largest absolute Gasteiger partial charge is 0.389 e. The van der Waals surface area contributed by atoms with Crippen LogP contribution in [-0.4, -0.2) is 22.9 Å². The number of hydrogen-bond donors (Lipinski definition) is 1. The summed E-state index contributed by atoms with van der Waals surface area (Å²) in [5.74, 6) is -0.895. The van der Waals surface area contributed by atoms with Gasteiger partial charge in [0.2, 0.25) is 0 Å². The SMILES string of the molecule is CN(C(=O)c1cncc(F)c1)c1ccc(C(N)=S)cc1. The second-order valence-electron chi connectivity index (χ2n) is 4.17. The molecule has 1 amide bonds. The second kappa shape index (κ2) is 5.75. The number of anilines is 1. The van der Waals surface area contributed by atoms with E-state index >= 15 is 0 Å². The average molecular weight is 289 g/mol. The van der Waals surface area contributed by atoms with Crippen LogP contribution in [0.2, 0.25) is 0 Å². The molecule has 0 radical (unpaired) electrons. The van der Waals surface area contributed by atoms with E-state index in [9.17, 15) is 9.18 Å². The number of carbonyl (C=O) groups excluding carboxylic acids is 1. The van der Waals surface area contributed by atoms with Crippen LogP contribution in [0.25, 0.3) is 0 Å². The Balaban J connectivity index is 2.24. The van der Waals surface area contributed by atoms with Gasteiger partial charge in [-0.05, 0) is 30.3 Å². The molecule has 0 saturated carbocycles. The Kier molecular flexibility index (Phi) is 4.05. The number of carbonyl (C=O) groups is 1. The summed E-state index contributed by atoms with van der Waals surface area (Å²) in [6.07, 6.45) is 2.37. The van der Waals surface area contributed by atoms with Gasteiger partial charge in [0.15, 0.2) is 0 Å². The zero-order chi connectivity index (χ0) is 14.7. The minimum atomic E-state index is -0.548. The summed E-state index contributed by atoms with van der Waals surface area (Å²) < 4.78 is 13.1. The molecule has 0 atom stereocenters. The zero-order valence-corrected chi connectivity index (χ0v) is 11.5. The van der Waals surface area contributed by atoms with Crippen molar-refractivity contribution in [1.29, 1.82) is 0 Å². The van der Waals surface area contributed by atoms with E-state index in [0.29, 0.717) is 10.7 Å². The standard InChI is InChI=1S/C14H12FN3OS/c1-18(12-4-2-9(3-5-12)13(16)20)14(19)10-6-11(15)8-17-7-10/h2-8H,1H3,(H2,16,20). The lowest BCUT2D eigenvalue weighted by Crippen LogP contribution is -2.26. The summed E-state index contributed by atoms with van der Waals surface area (Å²) in [5, 5.41) is 0. The molecule has 1 aromatic carbocycles. The summed E-state index contributed by atoms with van der Waals surface area (Å²) in [6.45, 7) is 0. The highest BCUT2D eigenvalue weighted by Crippen LogP contribution is 2.16. The van der Waals surface area contributed by atoms with Gasteiger partial charge < -0.3 is 10.6 Å². The first-order valence-electron chi connectivity index (χ1n) is 5.77. The molecule has 1 aromatic heterocycles. The van der Waals surface area contributed by atoms with Crippen molar-refractivity contribution >= 4 is 28.8 Å². The lowest BCUT2D eigenvalue weighted by atomic mass is 10.2. The van der Waals surface area contributed by atoms with Crippen molar-refractivity contribution in [2.24, 2.45) is 5.73 Å². The molecule has 2 aromatic rings. The average Bonchev–Trinajstić information content (AvgIpc) is 2.46. The lowest BCUT2D eigenvalue weighted by molar-refractivity contribution is 0.0992. The zero-order valence-electron chi connectivity index (χ0n) is 10.7. The van der Waals surface area contributed by atoms with Crippen LogP contribution < -0.4 is 10.6 Å². The van der Waals surface area contributed by atoms with Gasteiger partial charge >= 0.3 is 0 Å². The highest BCUT2D eigenvalue weighted by atomic mass is 32.1. The van der Waals surface area contributed by atoms with Gasteiger partial charge in [-0.1, -0.05) is 12.2 Å². The van der Waals surface area contributed by atoms with Crippen LogP contribution in [0.5, 0.6) is 0 Å². The number of pyridine rings is 1. The number of hydrogen-bond acceptors (Lipinski definition) is 3. The molecule has 0 bridgehead atoms. The monoisotopic (exact) mass is 289 g/mol. The second-order valence-corrected chi connectivity index (χ2v) is 4.61. The third kappa shape index (κ3) is 2.97. The third-order valence-corrected chi connectivity index (χ3v) is 3.03. The topological polar surface area (TPSA) is 59.2 Å². The third-order valence-electron chi connectivity index (χ3n) is 2.80. The number of halogens is 1. The van der Waals surface area contributed by atoms with Gasteiger partial charge in [-0.2, -0.15) is 0 Å². The van der Waals surface area contributed by atoms with Gasteiger partial charge in [0.1, 0.15) is 10.8 Å². The number of amides is 1. The maximum absolute atomic E-state index is 13.1. The Bertz CT molecular complexity index is 658. The summed E-state index contributed by atoms with van der Waals surface area (Å²) in [7, 11) is 1.60. The van der Waals surface area contributed by atoms with Crippen molar-refractivity contribution in [3.05, 3.63) is 59.7 Å². The first-order valence-corrected chi connectivity index (χ1v) is 6.18. The summed E-state index contributed by atoms with van der Waals surface area (Å²) >= 11 is 4.86. The molecular weight excluding hydrogens is 277 g/mol. The quantitative estimate of drug-likeness (QED) is 0.879. The van der Waals surface area contributed by atoms with Crippen LogP contribution in [-0.2, 0) is 0 Å². The van der Waals surface area contributed by atoms with Gasteiger partial charge in [-0.25, -0.2) is 4.39 Å². The van der Waals surface area contributed by atoms with Gasteiger partial charge in [-0.3, -0.25) is 9.78 Å². The van der Waals surface area contributed by atoms with Crippen molar-refractivity contribution in [3.8, 4) is 0 Å². The van der Waals surface area contributed by atoms with Gasteiger partial charge in [-0.15, -0.1) is 0 Å². The van der Waals surface area contributed by atoms with E-state index in [2.05, 4.69) is 4.98 Å². The Morgan fingerprint density at radius 2 is 1.90 bits per heavy atom. The Hall–Kier alpha value is -2.34. The molecule has 0 fully saturated rings. The minimum Gasteiger partial charge on any atom is -0.389 e. The molecule has 0 aliphatic rings. The molecule has 2 rings (SSSR count). The maximum atomic E-state index is 13.1. The molecule has 0 unspecified atom stereocenters. The van der Waals surface area contributed by atoms with E-state index in [1.807, 2.05) is 0 Å². The Labute approximate surface area is 121 Å². The first-order chi connectivity index (χ1) is 9.49. The van der Waals surface area contributed by atoms with Crippen molar-refractivity contribution in [2.75, 3.05) is 11.9 Å². The van der Waals surface area contributed by atoms with E-state index in [4.69, 9.17) is 18.0 Å². The van der Waals surface area contributed by atoms with Crippen LogP contribution >= 0.6 is 12.2 Å². The number of thiocarbonyl (C=S) groups is 1. The lowest BCUT2D eigenvalue weighted by Gasteiger charge is -2.17. The summed E-state index contributed by atoms with van der Waals surface area (Å²) in [4.78, 5) is 17.5. The molecule has 20 heavy (non-hydrogen) atoms. The molecule has 0 aliphatic heterocycles. The van der Waals surface area contributed by atoms with Crippen molar-refractivity contribution in [2.45, 2.75) is 0 Å². The molecule has 0 spiro atoms. The fourth-order valence-corrected chi connectivity index (χ4v) is 1.83. The van der Waals surface area contributed by atoms with Gasteiger partial charge in [0.25, 0.3) is 5.91 Å². The molecule has 4 nitrogen and oxygen atoms in total. The van der Waals surface area contributed by atoms with Gasteiger partial charge in [0, 0.05) is 24.5 Å². The first kappa shape index (κ1) is 14.1. The highest BCUT2D eigenvalue weighted by Gasteiger charge is 2.14. The van der Waals surface area contributed by atoms with Crippen LogP contribution in [0, 0.1) is 5.82 Å². The minimum absolute atomic E-state index is 0.186. The predicted molar refractivity (Wildman–Crippen MR) is 79.3 cm³/mol. The van der Waals surface area contributed by atoms with Crippen LogP contribution in [0.15, 0.2) is 42.7 Å². The van der Waals surface area contributed by atoms with Crippen LogP contribution in [0.3, 0.4) is 0 Å². The van der Waals surface area contributed by atoms with Gasteiger partial charge in [0.05, 0.1) is 11.8 Å². The highest BCUT2D eigenvalue weighted by molar-refractivity contribution is 7.80. The van der Waals surface area contributed by atoms with Crippen molar-refractivity contribution in [1.82, 2.24) is 4.98 Å². The molecule has 0 saturated heterocycles. The predicted octanol–water partition coefficient (Wildman–Crippen LogP) is 2.13. The van der Waals surface area contributed by atoms with E-state index in [1.54, 1.807) is 31.3 Å². The van der Waals surface area contributed by atoms with Crippen molar-refractivity contribution < 1.29 is 9.18 Å². The smallest absolute Gasteiger partial charge is 0.259 e. The maximum Gasteiger partial charge on any atom is 0.259 e. The van der Waals surface area contributed by atoms with E-state index in [0.717, 1.165) is 17.8 Å². The van der Waals surface area contributed by atoms with Crippen LogP contribution in [0.1, 0.15) is 15.9 Å². The number of aromatic nitrogens is 1. The van der Waals surface area contributed by atoms with E-state index in [1.165, 1.54) is 11.1 Å². The normalized spacial score (nSPS) is 10.1. The van der Waals surface area contributed by atoms with Crippen molar-refractivity contribution in [3.63, 3.8) is 0 Å². The van der Waals surface area contributed by atoms with Crippen LogP contribution in [0.4, 0.5) is 10.1 Å². The number of benzene rings is 1. The number of nitrogens with zero attached hydrogens (tertiary/aromatic N) is 2. The number of nitrogens with two attached hydrogens (primary N) is 1. The molecular formula is C14H12FN3OS. The molecule has 2 N–H and O–H groups in total. The Morgan fingerprint density at radius 3 is 2.45 bits per heavy atom. The Morgan fingerprint density at radius 1 is 1.25 bits per heavy atom. The van der Waals surface area contributed by atoms with E-state index < -0.39 is 5.82 Å². The summed E-state index contributed by atoms with van der Waals surface area (Å²) in [5.41, 5.74) is 7.07. The fraction of sp³-hybridized carbons (Fsp3) is 0.0714. The molecule has 1 heterocycles. The fourth-order valence-electron chi connectivity index (χ4n) is 1.69. The number of rotatable bonds is 3.